The van der Waals surface area contributed by atoms with Crippen molar-refractivity contribution in [2.45, 2.75) is 40.5 Å². The van der Waals surface area contributed by atoms with Crippen molar-refractivity contribution in [3.8, 4) is 0 Å². The molecule has 22 heavy (non-hydrogen) atoms. The fourth-order valence-corrected chi connectivity index (χ4v) is 2.54. The summed E-state index contributed by atoms with van der Waals surface area (Å²) in [7, 11) is 0. The molecule has 1 N–H and O–H groups in total. The number of hydrogen-bond donors (Lipinski definition) is 1. The molecule has 0 unspecified atom stereocenters. The fraction of sp³-hybridized carbons (Fsp3) is 0.368. The van der Waals surface area contributed by atoms with E-state index in [1.54, 1.807) is 0 Å². The van der Waals surface area contributed by atoms with Gasteiger partial charge in [-0.15, -0.1) is 0 Å². The van der Waals surface area contributed by atoms with Gasteiger partial charge in [-0.2, -0.15) is 0 Å². The summed E-state index contributed by atoms with van der Waals surface area (Å²) in [5.74, 6) is 1.23. The number of anilines is 1. The van der Waals surface area contributed by atoms with E-state index in [-0.39, 0.29) is 5.91 Å². The fourth-order valence-electron chi connectivity index (χ4n) is 2.54. The lowest BCUT2D eigenvalue weighted by molar-refractivity contribution is -0.115. The number of nitrogens with one attached hydrogen (secondary N) is 1. The Morgan fingerprint density at radius 1 is 1.09 bits per heavy atom. The SMILES string of the molecule is Cc1cc(C)nc(NC(=O)Cc2ccc(CC(C)C)cc2)c1. The van der Waals surface area contributed by atoms with Crippen LogP contribution in [0.3, 0.4) is 0 Å². The third-order valence-electron chi connectivity index (χ3n) is 3.40. The number of hydrogen-bond acceptors (Lipinski definition) is 2. The van der Waals surface area contributed by atoms with E-state index in [0.717, 1.165) is 23.2 Å². The molecule has 1 aromatic carbocycles. The number of carbonyl (C=O) groups is 1. The lowest BCUT2D eigenvalue weighted by Crippen LogP contribution is -2.15. The molecule has 0 aliphatic carbocycles. The molecule has 0 saturated heterocycles. The maximum absolute atomic E-state index is 12.1. The summed E-state index contributed by atoms with van der Waals surface area (Å²) in [5, 5.41) is 2.87. The summed E-state index contributed by atoms with van der Waals surface area (Å²) in [4.78, 5) is 16.4. The van der Waals surface area contributed by atoms with E-state index in [2.05, 4.69) is 36.3 Å². The summed E-state index contributed by atoms with van der Waals surface area (Å²) < 4.78 is 0. The third kappa shape index (κ3) is 4.99. The van der Waals surface area contributed by atoms with Crippen LogP contribution < -0.4 is 5.32 Å². The highest BCUT2D eigenvalue weighted by molar-refractivity contribution is 5.91. The first kappa shape index (κ1) is 16.2. The lowest BCUT2D eigenvalue weighted by Gasteiger charge is -2.08. The van der Waals surface area contributed by atoms with E-state index in [9.17, 15) is 4.79 Å². The summed E-state index contributed by atoms with van der Waals surface area (Å²) in [6.45, 7) is 8.34. The first-order chi connectivity index (χ1) is 10.4. The van der Waals surface area contributed by atoms with Crippen molar-refractivity contribution in [2.75, 3.05) is 5.32 Å². The van der Waals surface area contributed by atoms with Gasteiger partial charge in [0.05, 0.1) is 6.42 Å². The highest BCUT2D eigenvalue weighted by atomic mass is 16.1. The monoisotopic (exact) mass is 296 g/mol. The Labute approximate surface area is 132 Å². The predicted molar refractivity (Wildman–Crippen MR) is 91.0 cm³/mol. The van der Waals surface area contributed by atoms with Crippen molar-refractivity contribution < 1.29 is 4.79 Å². The van der Waals surface area contributed by atoms with Crippen molar-refractivity contribution in [1.29, 1.82) is 0 Å². The van der Waals surface area contributed by atoms with Crippen molar-refractivity contribution in [3.63, 3.8) is 0 Å². The second kappa shape index (κ2) is 7.21. The minimum atomic E-state index is -0.0332. The van der Waals surface area contributed by atoms with E-state index >= 15 is 0 Å². The molecule has 2 aromatic rings. The molecule has 3 nitrogen and oxygen atoms in total. The molecule has 0 saturated carbocycles. The molecule has 0 bridgehead atoms. The van der Waals surface area contributed by atoms with Crippen LogP contribution in [-0.2, 0) is 17.6 Å². The Hall–Kier alpha value is -2.16. The van der Waals surface area contributed by atoms with Crippen LogP contribution in [-0.4, -0.2) is 10.9 Å². The molecule has 1 heterocycles. The number of aryl methyl sites for hydroxylation is 2. The number of aromatic nitrogens is 1. The average Bonchev–Trinajstić information content (AvgIpc) is 2.39. The van der Waals surface area contributed by atoms with Gasteiger partial charge in [0.25, 0.3) is 0 Å². The first-order valence-corrected chi connectivity index (χ1v) is 7.75. The van der Waals surface area contributed by atoms with E-state index < -0.39 is 0 Å². The van der Waals surface area contributed by atoms with Crippen molar-refractivity contribution in [3.05, 3.63) is 58.8 Å². The normalized spacial score (nSPS) is 10.8. The minimum Gasteiger partial charge on any atom is -0.310 e. The Bertz CT molecular complexity index is 625. The van der Waals surface area contributed by atoms with Gasteiger partial charge in [0.2, 0.25) is 5.91 Å². The van der Waals surface area contributed by atoms with E-state index in [4.69, 9.17) is 0 Å². The number of nitrogens with zero attached hydrogens (tertiary/aromatic N) is 1. The highest BCUT2D eigenvalue weighted by Crippen LogP contribution is 2.12. The largest absolute Gasteiger partial charge is 0.310 e. The summed E-state index contributed by atoms with van der Waals surface area (Å²) in [6.07, 6.45) is 1.44. The van der Waals surface area contributed by atoms with Crippen molar-refractivity contribution in [1.82, 2.24) is 4.98 Å². The number of benzene rings is 1. The smallest absolute Gasteiger partial charge is 0.229 e. The first-order valence-electron chi connectivity index (χ1n) is 7.75. The molecular formula is C19H24N2O. The second-order valence-corrected chi connectivity index (χ2v) is 6.31. The predicted octanol–water partition coefficient (Wildman–Crippen LogP) is 4.08. The van der Waals surface area contributed by atoms with Gasteiger partial charge in [0, 0.05) is 5.69 Å². The van der Waals surface area contributed by atoms with Crippen LogP contribution in [0.5, 0.6) is 0 Å². The second-order valence-electron chi connectivity index (χ2n) is 6.31. The number of amides is 1. The molecule has 116 valence electrons. The van der Waals surface area contributed by atoms with E-state index in [1.165, 1.54) is 5.56 Å². The van der Waals surface area contributed by atoms with Crippen LogP contribution in [0.25, 0.3) is 0 Å². The Morgan fingerprint density at radius 3 is 2.32 bits per heavy atom. The van der Waals surface area contributed by atoms with Crippen LogP contribution in [0.4, 0.5) is 5.82 Å². The molecule has 0 fully saturated rings. The number of pyridine rings is 1. The van der Waals surface area contributed by atoms with Gasteiger partial charge in [0.15, 0.2) is 0 Å². The molecular weight excluding hydrogens is 272 g/mol. The van der Waals surface area contributed by atoms with E-state index in [1.807, 2.05) is 38.1 Å². The van der Waals surface area contributed by atoms with Crippen molar-refractivity contribution in [2.24, 2.45) is 5.92 Å². The average molecular weight is 296 g/mol. The van der Waals surface area contributed by atoms with Crippen LogP contribution in [0.1, 0.15) is 36.2 Å². The van der Waals surface area contributed by atoms with Gasteiger partial charge < -0.3 is 5.32 Å². The molecule has 0 atom stereocenters. The van der Waals surface area contributed by atoms with Gasteiger partial charge in [-0.05, 0) is 55.0 Å². The van der Waals surface area contributed by atoms with Gasteiger partial charge in [-0.1, -0.05) is 38.1 Å². The minimum absolute atomic E-state index is 0.0332. The van der Waals surface area contributed by atoms with Gasteiger partial charge >= 0.3 is 0 Å². The van der Waals surface area contributed by atoms with Crippen molar-refractivity contribution >= 4 is 11.7 Å². The highest BCUT2D eigenvalue weighted by Gasteiger charge is 2.06. The van der Waals surface area contributed by atoms with Gasteiger partial charge in [-0.3, -0.25) is 4.79 Å². The van der Waals surface area contributed by atoms with Crippen LogP contribution in [0.15, 0.2) is 36.4 Å². The number of carbonyl (C=O) groups excluding carboxylic acids is 1. The molecule has 0 spiro atoms. The quantitative estimate of drug-likeness (QED) is 0.903. The van der Waals surface area contributed by atoms with Gasteiger partial charge in [-0.25, -0.2) is 4.98 Å². The Morgan fingerprint density at radius 2 is 1.73 bits per heavy atom. The molecule has 2 rings (SSSR count). The molecule has 3 heteroatoms. The zero-order valence-electron chi connectivity index (χ0n) is 13.8. The Balaban J connectivity index is 1.96. The molecule has 0 aliphatic rings. The topological polar surface area (TPSA) is 42.0 Å². The summed E-state index contributed by atoms with van der Waals surface area (Å²) >= 11 is 0. The maximum Gasteiger partial charge on any atom is 0.229 e. The van der Waals surface area contributed by atoms with Gasteiger partial charge in [0.1, 0.15) is 5.82 Å². The summed E-state index contributed by atoms with van der Waals surface area (Å²) in [6, 6.07) is 12.2. The molecule has 0 radical (unpaired) electrons. The summed E-state index contributed by atoms with van der Waals surface area (Å²) in [5.41, 5.74) is 4.35. The molecule has 1 amide bonds. The van der Waals surface area contributed by atoms with E-state index in [0.29, 0.717) is 18.2 Å². The zero-order chi connectivity index (χ0) is 16.1. The third-order valence-corrected chi connectivity index (χ3v) is 3.40. The van der Waals surface area contributed by atoms with Crippen LogP contribution in [0, 0.1) is 19.8 Å². The molecule has 1 aromatic heterocycles. The van der Waals surface area contributed by atoms with Crippen LogP contribution >= 0.6 is 0 Å². The number of rotatable bonds is 5. The van der Waals surface area contributed by atoms with Crippen LogP contribution in [0.2, 0.25) is 0 Å². The molecule has 0 aliphatic heterocycles. The standard InChI is InChI=1S/C19H24N2O/c1-13(2)9-16-5-7-17(8-6-16)12-19(22)21-18-11-14(3)10-15(4)20-18/h5-8,10-11,13H,9,12H2,1-4H3,(H,20,21,22). The maximum atomic E-state index is 12.1. The zero-order valence-corrected chi connectivity index (χ0v) is 13.8. The lowest BCUT2D eigenvalue weighted by atomic mass is 10.0. The Kier molecular flexibility index (Phi) is 5.31.